The summed E-state index contributed by atoms with van der Waals surface area (Å²) in [5, 5.41) is 32.8. The van der Waals surface area contributed by atoms with Gasteiger partial charge >= 0.3 is 47.8 Å². The Morgan fingerprint density at radius 2 is 1.06 bits per heavy atom. The molecule has 664 valence electrons. The van der Waals surface area contributed by atoms with Gasteiger partial charge in [-0.25, -0.2) is 19.4 Å². The number of benzene rings is 5. The zero-order valence-corrected chi connectivity index (χ0v) is 76.7. The van der Waals surface area contributed by atoms with Gasteiger partial charge in [0.15, 0.2) is 5.60 Å². The third kappa shape index (κ3) is 36.0. The molecule has 1 amide bonds. The number of ether oxygens (including phenoxy) is 6. The van der Waals surface area contributed by atoms with Gasteiger partial charge in [-0.05, 0) is 156 Å². The lowest BCUT2D eigenvalue weighted by atomic mass is 9.86. The van der Waals surface area contributed by atoms with E-state index in [1.807, 2.05) is 197 Å². The summed E-state index contributed by atoms with van der Waals surface area (Å²) in [6, 6.07) is 44.8. The van der Waals surface area contributed by atoms with Crippen molar-refractivity contribution in [3.63, 3.8) is 0 Å². The topological polar surface area (TPSA) is 367 Å². The normalized spacial score (nSPS) is 14.3. The monoisotopic (exact) mass is 1800 g/mol. The maximum absolute atomic E-state index is 13.2. The Labute approximate surface area is 733 Å². The van der Waals surface area contributed by atoms with Crippen LogP contribution >= 0.6 is 22.6 Å². The molecule has 1 fully saturated rings. The average molecular weight is 1800 g/mol. The summed E-state index contributed by atoms with van der Waals surface area (Å²) in [7, 11) is 0. The van der Waals surface area contributed by atoms with Crippen molar-refractivity contribution in [1.82, 2.24) is 14.9 Å². The van der Waals surface area contributed by atoms with Crippen molar-refractivity contribution in [2.24, 2.45) is 15.7 Å². The van der Waals surface area contributed by atoms with E-state index in [4.69, 9.17) is 44.5 Å². The molecule has 10 rings (SSSR count). The SMILES string of the molecule is CC(C)(C)OC(=O)CN=C(c1ccccc1)c1ccccc1.CCCCC(N)C(=O)OC(C)(C)C.CCCCC(N=C(c1ccccc1)c1ccccc1)C(=O)OC(C)(C)C.CCCCC(NC(=O)CCC(=O)O)C(=O)OC(C)(C)C.CCCCI.CCc1c2c(nc3ccc(O)cc13)-c1cc3c(c(=O)n1C2)COC(=O)[C@]3(O)CC.O=C1CCC(=O)O1. The Hall–Kier alpha value is -10.3. The highest BCUT2D eigenvalue weighted by molar-refractivity contribution is 14.1. The Balaban J connectivity index is 0.000000314. The molecule has 0 aliphatic carbocycles. The molecule has 0 radical (unpaired) electrons. The lowest BCUT2D eigenvalue weighted by Crippen LogP contribution is -2.44. The molecular weight excluding hydrogens is 1670 g/mol. The van der Waals surface area contributed by atoms with Crippen molar-refractivity contribution >= 4 is 98.6 Å². The summed E-state index contributed by atoms with van der Waals surface area (Å²) in [4.78, 5) is 130. The third-order valence-corrected chi connectivity index (χ3v) is 18.9. The smallest absolute Gasteiger partial charge is 0.343 e. The van der Waals surface area contributed by atoms with Gasteiger partial charge in [0, 0.05) is 45.2 Å². The Bertz CT molecular complexity index is 4580. The fourth-order valence-electron chi connectivity index (χ4n) is 12.3. The molecule has 6 N–H and O–H groups in total. The number of nitrogens with one attached hydrogen (secondary N) is 1. The van der Waals surface area contributed by atoms with Crippen molar-refractivity contribution in [2.75, 3.05) is 11.0 Å². The molecule has 5 aromatic carbocycles. The number of carboxylic acids is 1. The van der Waals surface area contributed by atoms with Crippen LogP contribution in [0.4, 0.5) is 0 Å². The van der Waals surface area contributed by atoms with E-state index < -0.39 is 81.9 Å². The van der Waals surface area contributed by atoms with Gasteiger partial charge in [0.1, 0.15) is 59.4 Å². The van der Waals surface area contributed by atoms with Crippen molar-refractivity contribution in [3.8, 4) is 17.1 Å². The van der Waals surface area contributed by atoms with Crippen molar-refractivity contribution in [3.05, 3.63) is 200 Å². The fourth-order valence-corrected chi connectivity index (χ4v) is 13.0. The first-order chi connectivity index (χ1) is 57.5. The summed E-state index contributed by atoms with van der Waals surface area (Å²) in [6.45, 7) is 34.3. The molecule has 26 heteroatoms. The minimum Gasteiger partial charge on any atom is -0.508 e. The molecule has 0 bridgehead atoms. The van der Waals surface area contributed by atoms with Gasteiger partial charge in [0.25, 0.3) is 5.56 Å². The van der Waals surface area contributed by atoms with Crippen LogP contribution < -0.4 is 16.6 Å². The van der Waals surface area contributed by atoms with E-state index in [-0.39, 0.29) is 74.5 Å². The van der Waals surface area contributed by atoms with E-state index in [0.717, 1.165) is 94.2 Å². The van der Waals surface area contributed by atoms with Crippen LogP contribution in [0.25, 0.3) is 22.3 Å². The number of aryl methyl sites for hydroxylation is 1. The number of pyridine rings is 2. The van der Waals surface area contributed by atoms with Gasteiger partial charge in [-0.2, -0.15) is 0 Å². The zero-order chi connectivity index (χ0) is 91.1. The van der Waals surface area contributed by atoms with Crippen molar-refractivity contribution in [1.29, 1.82) is 0 Å². The second-order valence-electron chi connectivity index (χ2n) is 33.3. The summed E-state index contributed by atoms with van der Waals surface area (Å²) in [5.74, 6) is -4.19. The molecule has 3 aliphatic rings. The summed E-state index contributed by atoms with van der Waals surface area (Å²) in [6.07, 6.45) is 11.2. The molecule has 0 saturated carbocycles. The van der Waals surface area contributed by atoms with E-state index in [9.17, 15) is 58.2 Å². The summed E-state index contributed by atoms with van der Waals surface area (Å²) < 4.78 is 33.5. The van der Waals surface area contributed by atoms with E-state index >= 15 is 0 Å². The van der Waals surface area contributed by atoms with Gasteiger partial charge < -0.3 is 59.4 Å². The van der Waals surface area contributed by atoms with Crippen LogP contribution in [0.2, 0.25) is 0 Å². The number of hydrogen-bond acceptors (Lipinski definition) is 22. The largest absolute Gasteiger partial charge is 0.508 e. The van der Waals surface area contributed by atoms with Crippen LogP contribution in [-0.4, -0.2) is 141 Å². The number of fused-ring (bicyclic) bond motifs is 5. The number of nitrogens with two attached hydrogens (primary N) is 1. The molecular formula is C96H129IN6O19. The number of aliphatic hydroxyl groups is 1. The third-order valence-electron chi connectivity index (χ3n) is 18.2. The first-order valence-corrected chi connectivity index (χ1v) is 43.6. The number of esters is 7. The Morgan fingerprint density at radius 1 is 0.590 bits per heavy atom. The number of halogens is 1. The molecule has 7 aromatic rings. The number of aliphatic carboxylic acids is 1. The number of aromatic hydroxyl groups is 1. The molecule has 0 spiro atoms. The Kier molecular flexibility index (Phi) is 43.4. The molecule has 122 heavy (non-hydrogen) atoms. The lowest BCUT2D eigenvalue weighted by Gasteiger charge is -2.31. The molecule has 3 unspecified atom stereocenters. The number of amides is 1. The van der Waals surface area contributed by atoms with Crippen LogP contribution in [0.15, 0.2) is 160 Å². The van der Waals surface area contributed by atoms with Gasteiger partial charge in [0.2, 0.25) is 5.91 Å². The van der Waals surface area contributed by atoms with E-state index in [1.165, 1.54) is 17.3 Å². The maximum Gasteiger partial charge on any atom is 0.343 e. The first-order valence-electron chi connectivity index (χ1n) is 42.1. The van der Waals surface area contributed by atoms with E-state index in [2.05, 4.69) is 58.4 Å². The number of cyclic esters (lactones) is 3. The minimum absolute atomic E-state index is 0.0103. The highest BCUT2D eigenvalue weighted by Gasteiger charge is 2.46. The van der Waals surface area contributed by atoms with Gasteiger partial charge in [-0.3, -0.25) is 43.5 Å². The maximum atomic E-state index is 13.2. The molecule has 4 atom stereocenters. The standard InChI is InChI=1S/C23H29NO2.C22H20N2O5.C19H21NO2.C14H25NO5.C10H21NO2.C4H9I.C4H4O3/c1-5-6-17-20(22(25)26-23(2,3)4)24-21(18-13-9-7-10-14-18)19-15-11-8-12-16-19;1-3-12-13-7-11(25)5-6-17(13)23-19-14(12)9-24-18(19)8-16-15(20(24)26)10-29-21(27)22(16,28)4-2;1-19(2,3)22-17(21)14-20-18(15-10-6-4-7-11-15)16-12-8-5-9-13-16;1-5-6-7-10(13(19)20-14(2,3)4)15-11(16)8-9-12(17)18;1-5-6-7-8(11)9(12)13-10(2,3)4;1-2-3-4-5;5-3-1-2-4(6)7-3/h7-16,20H,5-6,17H2,1-4H3;5-8,25,28H,3-4,9-10H2,1-2H3;4-13H,14H2,1-3H3;10H,5-9H2,1-4H3,(H,15,16)(H,17,18);8H,5-7,11H2,1-4H3;2-4H2,1H3;1-2H2/t;22-;;;;;/m.0...../s1. The number of rotatable bonds is 27. The summed E-state index contributed by atoms with van der Waals surface area (Å²) >= 11 is 2.39. The van der Waals surface area contributed by atoms with Gasteiger partial charge in [-0.1, -0.05) is 230 Å². The molecule has 25 nitrogen and oxygen atoms in total. The number of carboxylic acid groups (broad SMARTS) is 1. The number of alkyl halides is 1. The van der Waals surface area contributed by atoms with E-state index in [1.54, 1.807) is 56.5 Å². The van der Waals surface area contributed by atoms with Crippen LogP contribution in [-0.2, 0) is 96.7 Å². The van der Waals surface area contributed by atoms with Crippen LogP contribution in [0, 0.1) is 0 Å². The number of phenols is 1. The lowest BCUT2D eigenvalue weighted by molar-refractivity contribution is -0.172. The van der Waals surface area contributed by atoms with E-state index in [0.29, 0.717) is 54.7 Å². The number of hydrogen-bond donors (Lipinski definition) is 5. The number of phenolic OH excluding ortho intramolecular Hbond substituents is 1. The average Bonchev–Trinajstić information content (AvgIpc) is 1.55. The predicted octanol–water partition coefficient (Wildman–Crippen LogP) is 17.4. The minimum atomic E-state index is -1.83. The zero-order valence-electron chi connectivity index (χ0n) is 74.6. The summed E-state index contributed by atoms with van der Waals surface area (Å²) in [5.41, 5.74) is 11.6. The number of unbranched alkanes of at least 4 members (excludes halogenated alkanes) is 4. The number of nitrogens with zero attached hydrogens (tertiary/aromatic N) is 4. The second-order valence-corrected chi connectivity index (χ2v) is 34.4. The number of aromatic nitrogens is 2. The van der Waals surface area contributed by atoms with Crippen molar-refractivity contribution < 1.29 is 86.9 Å². The van der Waals surface area contributed by atoms with Gasteiger partial charge in [-0.15, -0.1) is 0 Å². The Morgan fingerprint density at radius 3 is 1.49 bits per heavy atom. The predicted molar refractivity (Wildman–Crippen MR) is 484 cm³/mol. The second kappa shape index (κ2) is 50.9. The quantitative estimate of drug-likeness (QED) is 0.00797. The van der Waals surface area contributed by atoms with Crippen molar-refractivity contribution in [2.45, 2.75) is 293 Å². The first kappa shape index (κ1) is 104. The fraction of sp³-hybridized carbons (Fsp3) is 0.490. The van der Waals surface area contributed by atoms with Gasteiger partial charge in [0.05, 0.1) is 59.7 Å². The number of aliphatic imine (C=N–C) groups is 2. The number of carbonyl (C=O) groups excluding carboxylic acids is 8. The van der Waals surface area contributed by atoms with Crippen LogP contribution in [0.3, 0.4) is 0 Å². The highest BCUT2D eigenvalue weighted by atomic mass is 127. The molecule has 1 saturated heterocycles. The van der Waals surface area contributed by atoms with Crippen LogP contribution in [0.1, 0.15) is 272 Å². The number of carbonyl (C=O) groups is 9. The molecule has 3 aliphatic heterocycles. The van der Waals surface area contributed by atoms with Crippen LogP contribution in [0.5, 0.6) is 5.75 Å². The molecule has 5 heterocycles. The molecule has 2 aromatic heterocycles. The highest BCUT2D eigenvalue weighted by Crippen LogP contribution is 2.41.